The lowest BCUT2D eigenvalue weighted by Crippen LogP contribution is -2.49. The minimum Gasteiger partial charge on any atom is -0.493 e. The molecule has 1 amide bonds. The molecule has 0 spiro atoms. The van der Waals surface area contributed by atoms with E-state index in [0.717, 1.165) is 11.1 Å². The lowest BCUT2D eigenvalue weighted by Gasteiger charge is -2.34. The molecule has 0 bridgehead atoms. The number of rotatable bonds is 8. The number of methoxy groups -OCH3 is 1. The van der Waals surface area contributed by atoms with Gasteiger partial charge < -0.3 is 23.9 Å². The fourth-order valence-electron chi connectivity index (χ4n) is 3.29. The van der Waals surface area contributed by atoms with E-state index in [1.807, 2.05) is 62.4 Å². The van der Waals surface area contributed by atoms with Gasteiger partial charge in [0.05, 0.1) is 25.5 Å². The molecule has 2 aromatic carbocycles. The molecule has 0 aliphatic carbocycles. The summed E-state index contributed by atoms with van der Waals surface area (Å²) >= 11 is 0. The molecule has 1 aliphatic rings. The SMILES string of the molecule is COc1ccc(/C=N/OCC(=O)N2C[C@H](C)O[C@@H](C)C2)cc1OCc1ccccc1. The number of carbonyl (C=O) groups is 1. The number of hydrogen-bond donors (Lipinski definition) is 0. The van der Waals surface area contributed by atoms with Gasteiger partial charge in [0.1, 0.15) is 6.61 Å². The van der Waals surface area contributed by atoms with Crippen LogP contribution in [0, 0.1) is 0 Å². The predicted molar refractivity (Wildman–Crippen MR) is 114 cm³/mol. The molecule has 0 N–H and O–H groups in total. The summed E-state index contributed by atoms with van der Waals surface area (Å²) in [6, 6.07) is 15.4. The Balaban J connectivity index is 1.54. The third-order valence-corrected chi connectivity index (χ3v) is 4.66. The third kappa shape index (κ3) is 6.22. The molecule has 0 aromatic heterocycles. The van der Waals surface area contributed by atoms with Crippen molar-refractivity contribution in [2.45, 2.75) is 32.7 Å². The van der Waals surface area contributed by atoms with E-state index in [0.29, 0.717) is 31.2 Å². The van der Waals surface area contributed by atoms with E-state index in [4.69, 9.17) is 19.0 Å². The number of hydrogen-bond acceptors (Lipinski definition) is 6. The van der Waals surface area contributed by atoms with Crippen LogP contribution in [0.2, 0.25) is 0 Å². The van der Waals surface area contributed by atoms with Crippen molar-refractivity contribution in [1.29, 1.82) is 0 Å². The number of oxime groups is 1. The van der Waals surface area contributed by atoms with Crippen molar-refractivity contribution < 1.29 is 23.8 Å². The van der Waals surface area contributed by atoms with Crippen LogP contribution in [0.3, 0.4) is 0 Å². The van der Waals surface area contributed by atoms with Crippen LogP contribution in [0.1, 0.15) is 25.0 Å². The second-order valence-electron chi connectivity index (χ2n) is 7.25. The molecule has 1 aliphatic heterocycles. The first-order valence-electron chi connectivity index (χ1n) is 9.98. The molecule has 0 saturated carbocycles. The Morgan fingerprint density at radius 3 is 2.57 bits per heavy atom. The van der Waals surface area contributed by atoms with Gasteiger partial charge in [-0.25, -0.2) is 0 Å². The van der Waals surface area contributed by atoms with E-state index in [-0.39, 0.29) is 24.7 Å². The first-order valence-corrected chi connectivity index (χ1v) is 9.98. The second-order valence-corrected chi connectivity index (χ2v) is 7.25. The molecule has 7 nitrogen and oxygen atoms in total. The van der Waals surface area contributed by atoms with Crippen LogP contribution in [0.5, 0.6) is 11.5 Å². The minimum absolute atomic E-state index is 0.0230. The molecule has 2 aromatic rings. The van der Waals surface area contributed by atoms with Gasteiger partial charge in [-0.1, -0.05) is 35.5 Å². The van der Waals surface area contributed by atoms with Gasteiger partial charge in [-0.05, 0) is 37.6 Å². The Morgan fingerprint density at radius 1 is 1.13 bits per heavy atom. The quantitative estimate of drug-likeness (QED) is 0.492. The maximum atomic E-state index is 12.3. The number of morpholine rings is 1. The average Bonchev–Trinajstić information content (AvgIpc) is 2.75. The second kappa shape index (κ2) is 10.6. The van der Waals surface area contributed by atoms with Crippen LogP contribution in [0.15, 0.2) is 53.7 Å². The van der Waals surface area contributed by atoms with E-state index in [1.54, 1.807) is 18.2 Å². The Bertz CT molecular complexity index is 846. The highest BCUT2D eigenvalue weighted by Gasteiger charge is 2.25. The summed E-state index contributed by atoms with van der Waals surface area (Å²) in [5, 5.41) is 3.93. The highest BCUT2D eigenvalue weighted by atomic mass is 16.6. The first kappa shape index (κ1) is 21.6. The molecule has 0 unspecified atom stereocenters. The Labute approximate surface area is 177 Å². The fourth-order valence-corrected chi connectivity index (χ4v) is 3.29. The summed E-state index contributed by atoms with van der Waals surface area (Å²) in [4.78, 5) is 19.3. The maximum Gasteiger partial charge on any atom is 0.263 e. The zero-order chi connectivity index (χ0) is 21.3. The van der Waals surface area contributed by atoms with Crippen molar-refractivity contribution >= 4 is 12.1 Å². The molecule has 7 heteroatoms. The highest BCUT2D eigenvalue weighted by Crippen LogP contribution is 2.28. The van der Waals surface area contributed by atoms with Crippen molar-refractivity contribution in [2.75, 3.05) is 26.8 Å². The van der Waals surface area contributed by atoms with Crippen LogP contribution >= 0.6 is 0 Å². The lowest BCUT2D eigenvalue weighted by molar-refractivity contribution is -0.147. The lowest BCUT2D eigenvalue weighted by atomic mass is 10.2. The maximum absolute atomic E-state index is 12.3. The number of carbonyl (C=O) groups excluding carboxylic acids is 1. The van der Waals surface area contributed by atoms with Gasteiger partial charge in [0.2, 0.25) is 0 Å². The average molecular weight is 412 g/mol. The fraction of sp³-hybridized carbons (Fsp3) is 0.391. The van der Waals surface area contributed by atoms with E-state index in [9.17, 15) is 4.79 Å². The van der Waals surface area contributed by atoms with E-state index in [2.05, 4.69) is 5.16 Å². The minimum atomic E-state index is -0.108. The van der Waals surface area contributed by atoms with Gasteiger partial charge in [-0.2, -0.15) is 0 Å². The smallest absolute Gasteiger partial charge is 0.263 e. The summed E-state index contributed by atoms with van der Waals surface area (Å²) in [7, 11) is 1.60. The van der Waals surface area contributed by atoms with Gasteiger partial charge in [0, 0.05) is 18.7 Å². The summed E-state index contributed by atoms with van der Waals surface area (Å²) in [5.74, 6) is 1.14. The van der Waals surface area contributed by atoms with Crippen LogP contribution < -0.4 is 9.47 Å². The number of amides is 1. The van der Waals surface area contributed by atoms with Gasteiger partial charge in [-0.15, -0.1) is 0 Å². The molecule has 0 radical (unpaired) electrons. The van der Waals surface area contributed by atoms with Crippen LogP contribution in [0.4, 0.5) is 0 Å². The van der Waals surface area contributed by atoms with Crippen LogP contribution in [-0.2, 0) is 21.0 Å². The zero-order valence-corrected chi connectivity index (χ0v) is 17.6. The summed E-state index contributed by atoms with van der Waals surface area (Å²) in [6.07, 6.45) is 1.59. The van der Waals surface area contributed by atoms with Crippen molar-refractivity contribution in [3.05, 3.63) is 59.7 Å². The molecule has 160 valence electrons. The molecule has 1 heterocycles. The van der Waals surface area contributed by atoms with Crippen LogP contribution in [0.25, 0.3) is 0 Å². The third-order valence-electron chi connectivity index (χ3n) is 4.66. The number of benzene rings is 2. The molecule has 3 rings (SSSR count). The highest BCUT2D eigenvalue weighted by molar-refractivity contribution is 5.81. The topological polar surface area (TPSA) is 69.6 Å². The Kier molecular flexibility index (Phi) is 7.68. The van der Waals surface area contributed by atoms with Crippen molar-refractivity contribution in [3.63, 3.8) is 0 Å². The van der Waals surface area contributed by atoms with E-state index < -0.39 is 0 Å². The monoisotopic (exact) mass is 412 g/mol. The van der Waals surface area contributed by atoms with Crippen molar-refractivity contribution in [2.24, 2.45) is 5.16 Å². The molecule has 1 fully saturated rings. The summed E-state index contributed by atoms with van der Waals surface area (Å²) in [6.45, 7) is 5.36. The molecular weight excluding hydrogens is 384 g/mol. The Morgan fingerprint density at radius 2 is 1.87 bits per heavy atom. The van der Waals surface area contributed by atoms with E-state index >= 15 is 0 Å². The van der Waals surface area contributed by atoms with E-state index in [1.165, 1.54) is 0 Å². The number of ether oxygens (including phenoxy) is 3. The predicted octanol–water partition coefficient (Wildman–Crippen LogP) is 3.26. The van der Waals surface area contributed by atoms with Crippen molar-refractivity contribution in [1.82, 2.24) is 4.90 Å². The normalized spacial score (nSPS) is 19.0. The first-order chi connectivity index (χ1) is 14.5. The summed E-state index contributed by atoms with van der Waals surface area (Å²) in [5.41, 5.74) is 1.84. The van der Waals surface area contributed by atoms with Gasteiger partial charge in [0.15, 0.2) is 18.1 Å². The molecular formula is C23H28N2O5. The molecule has 30 heavy (non-hydrogen) atoms. The molecule has 1 saturated heterocycles. The standard InChI is InChI=1S/C23H28N2O5/c1-17-13-25(14-18(2)30-17)23(26)16-29-24-12-20-9-10-21(27-3)22(11-20)28-15-19-7-5-4-6-8-19/h4-12,17-18H,13-16H2,1-3H3/b24-12+/t17-,18-/m0/s1. The molecule has 2 atom stereocenters. The van der Waals surface area contributed by atoms with Crippen LogP contribution in [-0.4, -0.2) is 56.0 Å². The summed E-state index contributed by atoms with van der Waals surface area (Å²) < 4.78 is 16.9. The van der Waals surface area contributed by atoms with Gasteiger partial charge in [0.25, 0.3) is 5.91 Å². The Hall–Kier alpha value is -3.06. The van der Waals surface area contributed by atoms with Gasteiger partial charge in [-0.3, -0.25) is 4.79 Å². The largest absolute Gasteiger partial charge is 0.493 e. The number of nitrogens with zero attached hydrogens (tertiary/aromatic N) is 2. The van der Waals surface area contributed by atoms with Crippen molar-refractivity contribution in [3.8, 4) is 11.5 Å². The van der Waals surface area contributed by atoms with Gasteiger partial charge >= 0.3 is 0 Å². The zero-order valence-electron chi connectivity index (χ0n) is 17.6.